The molecule has 0 unspecified atom stereocenters. The van der Waals surface area contributed by atoms with E-state index in [2.05, 4.69) is 25.6 Å². The van der Waals surface area contributed by atoms with Crippen LogP contribution in [-0.2, 0) is 12.7 Å². The Morgan fingerprint density at radius 2 is 1.78 bits per heavy atom. The Labute approximate surface area is 210 Å². The number of carbonyl (C=O) groups is 1. The second-order valence-corrected chi connectivity index (χ2v) is 9.20. The fraction of sp³-hybridized carbons (Fsp3) is 0.308. The fourth-order valence-corrected chi connectivity index (χ4v) is 4.39. The summed E-state index contributed by atoms with van der Waals surface area (Å²) in [6, 6.07) is 14.2. The second kappa shape index (κ2) is 9.72. The van der Waals surface area contributed by atoms with Crippen LogP contribution in [0, 0.1) is 5.92 Å². The molecule has 5 rings (SSSR count). The van der Waals surface area contributed by atoms with Crippen molar-refractivity contribution in [3.63, 3.8) is 0 Å². The first kappa shape index (κ1) is 24.5. The maximum atomic E-state index is 13.1. The molecule has 1 aliphatic carbocycles. The van der Waals surface area contributed by atoms with E-state index >= 15 is 0 Å². The number of nitrogens with one attached hydrogen (secondary N) is 2. The smallest absolute Gasteiger partial charge is 0.416 e. The highest BCUT2D eigenvalue weighted by atomic mass is 19.4. The van der Waals surface area contributed by atoms with Gasteiger partial charge in [-0.25, -0.2) is 14.8 Å². The highest BCUT2D eigenvalue weighted by Gasteiger charge is 2.30. The van der Waals surface area contributed by atoms with Crippen molar-refractivity contribution in [1.82, 2.24) is 19.5 Å². The summed E-state index contributed by atoms with van der Waals surface area (Å²) in [4.78, 5) is 24.8. The number of halogens is 3. The van der Waals surface area contributed by atoms with Gasteiger partial charge in [0.25, 0.3) is 0 Å². The minimum atomic E-state index is -4.43. The largest absolute Gasteiger partial charge is 0.475 e. The number of hydrogen-bond acceptors (Lipinski definition) is 6. The van der Waals surface area contributed by atoms with Crippen molar-refractivity contribution in [3.05, 3.63) is 71.5 Å². The molecule has 1 aliphatic rings. The number of anilines is 3. The van der Waals surface area contributed by atoms with E-state index in [0.29, 0.717) is 28.8 Å². The molecule has 8 nitrogen and oxygen atoms in total. The van der Waals surface area contributed by atoms with Gasteiger partial charge in [0.05, 0.1) is 12.1 Å². The van der Waals surface area contributed by atoms with Crippen molar-refractivity contribution in [2.45, 2.75) is 44.9 Å². The molecular weight excluding hydrogens is 485 g/mol. The van der Waals surface area contributed by atoms with Gasteiger partial charge >= 0.3 is 12.1 Å². The van der Waals surface area contributed by atoms with Crippen molar-refractivity contribution >= 4 is 34.6 Å². The topological polar surface area (TPSA) is 105 Å². The molecule has 37 heavy (non-hydrogen) atoms. The molecule has 1 saturated carbocycles. The maximum Gasteiger partial charge on any atom is 0.416 e. The van der Waals surface area contributed by atoms with Crippen LogP contribution in [0.5, 0.6) is 0 Å². The highest BCUT2D eigenvalue weighted by molar-refractivity contribution is 5.92. The molecule has 192 valence electrons. The molecule has 0 spiro atoms. The summed E-state index contributed by atoms with van der Waals surface area (Å²) in [6.45, 7) is 2.18. The Hall–Kier alpha value is -4.15. The molecule has 0 amide bonds. The molecule has 0 radical (unpaired) electrons. The van der Waals surface area contributed by atoms with Gasteiger partial charge in [-0.2, -0.15) is 18.2 Å². The minimum Gasteiger partial charge on any atom is -0.475 e. The molecular formula is C26H25F3N6O2. The average Bonchev–Trinajstić information content (AvgIpc) is 3.15. The number of rotatable bonds is 8. The summed E-state index contributed by atoms with van der Waals surface area (Å²) in [5.74, 6) is -0.552. The van der Waals surface area contributed by atoms with Crippen LogP contribution in [0.25, 0.3) is 11.2 Å². The zero-order chi connectivity index (χ0) is 26.2. The van der Waals surface area contributed by atoms with E-state index in [1.54, 1.807) is 4.57 Å². The average molecular weight is 511 g/mol. The maximum absolute atomic E-state index is 13.1. The van der Waals surface area contributed by atoms with Gasteiger partial charge in [0.2, 0.25) is 11.8 Å². The third kappa shape index (κ3) is 5.20. The summed E-state index contributed by atoms with van der Waals surface area (Å²) in [5, 5.41) is 16.2. The monoisotopic (exact) mass is 510 g/mol. The van der Waals surface area contributed by atoms with Crippen LogP contribution in [-0.4, -0.2) is 36.6 Å². The van der Waals surface area contributed by atoms with Gasteiger partial charge in [-0.1, -0.05) is 36.8 Å². The number of carboxylic acid groups (broad SMARTS) is 1. The zero-order valence-corrected chi connectivity index (χ0v) is 20.0. The molecule has 3 N–H and O–H groups in total. The summed E-state index contributed by atoms with van der Waals surface area (Å²) in [7, 11) is 0. The number of para-hydroxylation sites is 1. The quantitative estimate of drug-likeness (QED) is 0.270. The van der Waals surface area contributed by atoms with Crippen LogP contribution in [0.1, 0.15) is 47.9 Å². The molecule has 1 fully saturated rings. The van der Waals surface area contributed by atoms with E-state index in [1.807, 2.05) is 37.3 Å². The van der Waals surface area contributed by atoms with Gasteiger partial charge in [0, 0.05) is 11.7 Å². The van der Waals surface area contributed by atoms with E-state index in [0.717, 1.165) is 37.1 Å². The number of aromatic nitrogens is 4. The van der Waals surface area contributed by atoms with Crippen LogP contribution in [0.2, 0.25) is 0 Å². The van der Waals surface area contributed by atoms with E-state index < -0.39 is 17.7 Å². The Kier molecular flexibility index (Phi) is 6.45. The second-order valence-electron chi connectivity index (χ2n) is 9.20. The van der Waals surface area contributed by atoms with Crippen molar-refractivity contribution in [1.29, 1.82) is 0 Å². The third-order valence-electron chi connectivity index (χ3n) is 6.67. The predicted octanol–water partition coefficient (Wildman–Crippen LogP) is 5.94. The van der Waals surface area contributed by atoms with E-state index in [4.69, 9.17) is 0 Å². The van der Waals surface area contributed by atoms with Crippen molar-refractivity contribution in [3.8, 4) is 0 Å². The van der Waals surface area contributed by atoms with Crippen molar-refractivity contribution < 1.29 is 23.1 Å². The molecule has 0 aliphatic heterocycles. The summed E-state index contributed by atoms with van der Waals surface area (Å²) in [5.41, 5.74) is 1.23. The van der Waals surface area contributed by atoms with Gasteiger partial charge in [-0.15, -0.1) is 0 Å². The van der Waals surface area contributed by atoms with Crippen LogP contribution < -0.4 is 10.6 Å². The number of aromatic carboxylic acids is 1. The molecule has 0 saturated heterocycles. The number of fused-ring (bicyclic) bond motifs is 1. The Morgan fingerprint density at radius 3 is 2.38 bits per heavy atom. The molecule has 2 heterocycles. The Morgan fingerprint density at radius 1 is 1.08 bits per heavy atom. The Bertz CT molecular complexity index is 1420. The lowest BCUT2D eigenvalue weighted by molar-refractivity contribution is -0.137. The SMILES string of the molecule is C[C@@H](Nc1nc(C(=O)O)nc2nc(Nc3ccccc3)n(Cc3ccc(C(F)(F)F)cc3)c12)C1CCC1. The molecule has 2 aromatic heterocycles. The zero-order valence-electron chi connectivity index (χ0n) is 20.0. The molecule has 2 aromatic carbocycles. The van der Waals surface area contributed by atoms with E-state index in [9.17, 15) is 23.1 Å². The van der Waals surface area contributed by atoms with E-state index in [1.165, 1.54) is 12.1 Å². The minimum absolute atomic E-state index is 0.0356. The molecule has 11 heteroatoms. The van der Waals surface area contributed by atoms with Crippen LogP contribution >= 0.6 is 0 Å². The van der Waals surface area contributed by atoms with Gasteiger partial charge in [0.15, 0.2) is 11.5 Å². The first-order valence-electron chi connectivity index (χ1n) is 12.0. The number of nitrogens with zero attached hydrogens (tertiary/aromatic N) is 4. The summed E-state index contributed by atoms with van der Waals surface area (Å²) < 4.78 is 41.0. The molecule has 0 bridgehead atoms. The molecule has 4 aromatic rings. The fourth-order valence-electron chi connectivity index (χ4n) is 4.39. The number of imidazole rings is 1. The number of carboxylic acids is 1. The lowest BCUT2D eigenvalue weighted by Gasteiger charge is -2.32. The van der Waals surface area contributed by atoms with E-state index in [-0.39, 0.29) is 24.1 Å². The van der Waals surface area contributed by atoms with Crippen molar-refractivity contribution in [2.24, 2.45) is 5.92 Å². The summed E-state index contributed by atoms with van der Waals surface area (Å²) >= 11 is 0. The van der Waals surface area contributed by atoms with Crippen molar-refractivity contribution in [2.75, 3.05) is 10.6 Å². The lowest BCUT2D eigenvalue weighted by Crippen LogP contribution is -2.31. The third-order valence-corrected chi connectivity index (χ3v) is 6.67. The van der Waals surface area contributed by atoms with Crippen LogP contribution in [0.15, 0.2) is 54.6 Å². The van der Waals surface area contributed by atoms with Crippen LogP contribution in [0.4, 0.5) is 30.6 Å². The predicted molar refractivity (Wildman–Crippen MR) is 133 cm³/mol. The van der Waals surface area contributed by atoms with Gasteiger partial charge in [-0.05, 0) is 55.5 Å². The highest BCUT2D eigenvalue weighted by Crippen LogP contribution is 2.34. The Balaban J connectivity index is 1.62. The number of alkyl halides is 3. The normalized spacial score (nSPS) is 14.8. The molecule has 1 atom stereocenters. The first-order chi connectivity index (χ1) is 17.7. The number of hydrogen-bond donors (Lipinski definition) is 3. The van der Waals surface area contributed by atoms with Gasteiger partial charge in [-0.3, -0.25) is 0 Å². The standard InChI is InChI=1S/C26H25F3N6O2/c1-15(17-6-5-7-17)30-21-20-22(33-23(32-21)24(36)37)34-25(31-19-8-3-2-4-9-19)35(20)14-16-10-12-18(13-11-16)26(27,28)29/h2-4,8-13,15,17H,5-7,14H2,1H3,(H,36,37)(H2,30,31,32,33,34)/t15-/m1/s1. The van der Waals surface area contributed by atoms with Gasteiger partial charge < -0.3 is 20.3 Å². The van der Waals surface area contributed by atoms with Crippen LogP contribution in [0.3, 0.4) is 0 Å². The first-order valence-corrected chi connectivity index (χ1v) is 12.0. The number of benzene rings is 2. The lowest BCUT2D eigenvalue weighted by atomic mass is 9.80. The van der Waals surface area contributed by atoms with Gasteiger partial charge in [0.1, 0.15) is 5.52 Å². The summed E-state index contributed by atoms with van der Waals surface area (Å²) in [6.07, 6.45) is -1.15.